The third-order valence-electron chi connectivity index (χ3n) is 5.32. The quantitative estimate of drug-likeness (QED) is 0.475. The van der Waals surface area contributed by atoms with E-state index in [2.05, 4.69) is 10.6 Å². The van der Waals surface area contributed by atoms with Gasteiger partial charge in [-0.1, -0.05) is 11.6 Å². The highest BCUT2D eigenvalue weighted by atomic mass is 16.5. The lowest BCUT2D eigenvalue weighted by molar-refractivity contribution is 0.144. The zero-order valence-corrected chi connectivity index (χ0v) is 18.1. The minimum absolute atomic E-state index is 0.143. The zero-order chi connectivity index (χ0) is 21.8. The average molecular weight is 425 g/mol. The Bertz CT molecular complexity index is 1070. The number of phenols is 1. The van der Waals surface area contributed by atoms with Gasteiger partial charge in [0.1, 0.15) is 18.2 Å². The predicted molar refractivity (Wildman–Crippen MR) is 120 cm³/mol. The molecule has 1 aromatic heterocycles. The number of hydrogen-bond acceptors (Lipinski definition) is 8. The molecule has 1 aliphatic rings. The van der Waals surface area contributed by atoms with Gasteiger partial charge in [0.2, 0.25) is 0 Å². The molecular weight excluding hydrogens is 396 g/mol. The Kier molecular flexibility index (Phi) is 6.39. The van der Waals surface area contributed by atoms with Crippen LogP contribution in [0.25, 0.3) is 22.3 Å². The molecule has 4 rings (SSSR count). The molecular formula is C23H28N4O4. The lowest BCUT2D eigenvalue weighted by Gasteiger charge is -2.18. The molecule has 1 atom stereocenters. The highest BCUT2D eigenvalue weighted by molar-refractivity contribution is 5.93. The number of hydrogen-bond donors (Lipinski definition) is 3. The maximum atomic E-state index is 10.4. The van der Waals surface area contributed by atoms with Crippen molar-refractivity contribution in [1.29, 1.82) is 0 Å². The van der Waals surface area contributed by atoms with Gasteiger partial charge < -0.3 is 30.0 Å². The molecule has 1 saturated heterocycles. The van der Waals surface area contributed by atoms with Crippen LogP contribution in [-0.2, 0) is 4.74 Å². The molecule has 1 aliphatic heterocycles. The molecule has 3 aromatic rings. The van der Waals surface area contributed by atoms with Crippen LogP contribution in [0.15, 0.2) is 30.3 Å². The van der Waals surface area contributed by atoms with Gasteiger partial charge in [0, 0.05) is 31.1 Å². The van der Waals surface area contributed by atoms with Crippen LogP contribution >= 0.6 is 0 Å². The Morgan fingerprint density at radius 2 is 2.00 bits per heavy atom. The van der Waals surface area contributed by atoms with Crippen LogP contribution in [0.3, 0.4) is 0 Å². The minimum atomic E-state index is 0.143. The maximum absolute atomic E-state index is 10.4. The molecule has 0 amide bonds. The van der Waals surface area contributed by atoms with Crippen molar-refractivity contribution >= 4 is 16.7 Å². The van der Waals surface area contributed by atoms with E-state index in [1.54, 1.807) is 20.3 Å². The molecule has 3 N–H and O–H groups in total. The summed E-state index contributed by atoms with van der Waals surface area (Å²) in [6, 6.07) is 9.41. The smallest absolute Gasteiger partial charge is 0.165 e. The van der Waals surface area contributed by atoms with Crippen LogP contribution in [-0.4, -0.2) is 61.6 Å². The monoisotopic (exact) mass is 424 g/mol. The van der Waals surface area contributed by atoms with Crippen molar-refractivity contribution < 1.29 is 19.3 Å². The Balaban J connectivity index is 1.84. The van der Waals surface area contributed by atoms with Crippen LogP contribution in [0, 0.1) is 6.92 Å². The maximum Gasteiger partial charge on any atom is 0.165 e. The second-order valence-corrected chi connectivity index (χ2v) is 7.61. The molecule has 2 heterocycles. The fraction of sp³-hybridized carbons (Fsp3) is 0.391. The van der Waals surface area contributed by atoms with Crippen molar-refractivity contribution in [3.05, 3.63) is 35.9 Å². The summed E-state index contributed by atoms with van der Waals surface area (Å²) < 4.78 is 16.5. The first-order valence-corrected chi connectivity index (χ1v) is 10.4. The summed E-state index contributed by atoms with van der Waals surface area (Å²) in [7, 11) is 3.23. The highest BCUT2D eigenvalue weighted by Crippen LogP contribution is 2.37. The second kappa shape index (κ2) is 9.36. The first kappa shape index (κ1) is 21.1. The van der Waals surface area contributed by atoms with Crippen LogP contribution in [0.5, 0.6) is 17.2 Å². The fourth-order valence-electron chi connectivity index (χ4n) is 3.67. The van der Waals surface area contributed by atoms with E-state index >= 15 is 0 Å². The van der Waals surface area contributed by atoms with Crippen molar-refractivity contribution in [2.45, 2.75) is 19.4 Å². The Labute approximate surface area is 181 Å². The molecule has 0 saturated carbocycles. The number of nitrogens with zero attached hydrogens (tertiary/aromatic N) is 2. The predicted octanol–water partition coefficient (Wildman–Crippen LogP) is 3.12. The van der Waals surface area contributed by atoms with E-state index < -0.39 is 0 Å². The number of methoxy groups -OCH3 is 2. The summed E-state index contributed by atoms with van der Waals surface area (Å²) in [5.74, 6) is 2.49. The Morgan fingerprint density at radius 3 is 2.74 bits per heavy atom. The number of aromatic hydroxyl groups is 1. The molecule has 164 valence electrons. The van der Waals surface area contributed by atoms with Gasteiger partial charge >= 0.3 is 0 Å². The van der Waals surface area contributed by atoms with Crippen molar-refractivity contribution in [2.24, 2.45) is 0 Å². The summed E-state index contributed by atoms with van der Waals surface area (Å²) in [6.07, 6.45) is 1.00. The molecule has 31 heavy (non-hydrogen) atoms. The van der Waals surface area contributed by atoms with E-state index in [0.29, 0.717) is 47.4 Å². The minimum Gasteiger partial charge on any atom is -0.507 e. The Hall–Kier alpha value is -3.10. The standard InChI is InChI=1S/C23H28N4O4/c1-14-4-5-19(28)17(10-14)23-26-18-12-20(30-3)21(31-9-8-29-2)11-16(18)22(27-23)25-15-6-7-24-13-15/h4-5,10-12,15,24,28H,6-9,13H2,1-3H3,(H,25,26,27)/t15-/m0/s1. The number of aryl methyl sites for hydroxylation is 1. The number of nitrogens with one attached hydrogen (secondary N) is 2. The number of anilines is 1. The normalized spacial score (nSPS) is 15.9. The van der Waals surface area contributed by atoms with E-state index in [-0.39, 0.29) is 11.8 Å². The molecule has 0 aliphatic carbocycles. The third kappa shape index (κ3) is 4.65. The van der Waals surface area contributed by atoms with Gasteiger partial charge in [0.15, 0.2) is 17.3 Å². The van der Waals surface area contributed by atoms with Gasteiger partial charge in [-0.3, -0.25) is 0 Å². The number of benzene rings is 2. The number of fused-ring (bicyclic) bond motifs is 1. The van der Waals surface area contributed by atoms with Gasteiger partial charge in [-0.05, 0) is 38.1 Å². The van der Waals surface area contributed by atoms with Crippen molar-refractivity contribution in [3.63, 3.8) is 0 Å². The molecule has 8 heteroatoms. The number of aromatic nitrogens is 2. The summed E-state index contributed by atoms with van der Waals surface area (Å²) in [5, 5.41) is 18.2. The summed E-state index contributed by atoms with van der Waals surface area (Å²) >= 11 is 0. The first-order valence-electron chi connectivity index (χ1n) is 10.4. The topological polar surface area (TPSA) is 97.8 Å². The van der Waals surface area contributed by atoms with E-state index in [1.807, 2.05) is 31.2 Å². The van der Waals surface area contributed by atoms with Crippen molar-refractivity contribution in [2.75, 3.05) is 45.8 Å². The lowest BCUT2D eigenvalue weighted by atomic mass is 10.1. The van der Waals surface area contributed by atoms with Gasteiger partial charge in [-0.25, -0.2) is 9.97 Å². The van der Waals surface area contributed by atoms with Crippen molar-refractivity contribution in [1.82, 2.24) is 15.3 Å². The van der Waals surface area contributed by atoms with Gasteiger partial charge in [0.25, 0.3) is 0 Å². The second-order valence-electron chi connectivity index (χ2n) is 7.61. The number of phenolic OH excluding ortho intramolecular Hbond substituents is 1. The van der Waals surface area contributed by atoms with E-state index in [4.69, 9.17) is 24.2 Å². The van der Waals surface area contributed by atoms with Crippen LogP contribution in [0.4, 0.5) is 5.82 Å². The molecule has 1 fully saturated rings. The number of rotatable bonds is 8. The molecule has 8 nitrogen and oxygen atoms in total. The van der Waals surface area contributed by atoms with Gasteiger partial charge in [0.05, 0.1) is 24.8 Å². The van der Waals surface area contributed by atoms with Crippen molar-refractivity contribution in [3.8, 4) is 28.6 Å². The highest BCUT2D eigenvalue weighted by Gasteiger charge is 2.20. The summed E-state index contributed by atoms with van der Waals surface area (Å²) in [5.41, 5.74) is 2.31. The van der Waals surface area contributed by atoms with Gasteiger partial charge in [-0.2, -0.15) is 0 Å². The molecule has 0 radical (unpaired) electrons. The van der Waals surface area contributed by atoms with E-state index in [1.165, 1.54) is 0 Å². The number of ether oxygens (including phenoxy) is 3. The average Bonchev–Trinajstić information content (AvgIpc) is 3.28. The molecule has 2 aromatic carbocycles. The van der Waals surface area contributed by atoms with E-state index in [9.17, 15) is 5.11 Å². The zero-order valence-electron chi connectivity index (χ0n) is 18.1. The molecule has 0 spiro atoms. The van der Waals surface area contributed by atoms with Crippen LogP contribution in [0.1, 0.15) is 12.0 Å². The molecule has 0 bridgehead atoms. The summed E-state index contributed by atoms with van der Waals surface area (Å²) in [4.78, 5) is 9.54. The van der Waals surface area contributed by atoms with Crippen LogP contribution < -0.4 is 20.1 Å². The van der Waals surface area contributed by atoms with Gasteiger partial charge in [-0.15, -0.1) is 0 Å². The lowest BCUT2D eigenvalue weighted by Crippen LogP contribution is -2.23. The largest absolute Gasteiger partial charge is 0.507 e. The molecule has 0 unspecified atom stereocenters. The third-order valence-corrected chi connectivity index (χ3v) is 5.32. The Morgan fingerprint density at radius 1 is 1.13 bits per heavy atom. The van der Waals surface area contributed by atoms with Crippen LogP contribution in [0.2, 0.25) is 0 Å². The summed E-state index contributed by atoms with van der Waals surface area (Å²) in [6.45, 7) is 4.68. The van der Waals surface area contributed by atoms with E-state index in [0.717, 1.165) is 30.5 Å². The SMILES string of the molecule is COCCOc1cc2c(N[C@H]3CCNC3)nc(-c3cc(C)ccc3O)nc2cc1OC. The first-order chi connectivity index (χ1) is 15.1. The fourth-order valence-corrected chi connectivity index (χ4v) is 3.67.